The third kappa shape index (κ3) is 4.92. The number of rotatable bonds is 5. The van der Waals surface area contributed by atoms with Crippen LogP contribution in [0.4, 0.5) is 0 Å². The zero-order chi connectivity index (χ0) is 13.0. The van der Waals surface area contributed by atoms with Crippen molar-refractivity contribution >= 4 is 41.3 Å². The molecule has 1 aliphatic rings. The highest BCUT2D eigenvalue weighted by atomic mass is 127. The van der Waals surface area contributed by atoms with Crippen LogP contribution in [0.1, 0.15) is 31.1 Å². The maximum absolute atomic E-state index is 10.3. The van der Waals surface area contributed by atoms with Gasteiger partial charge in [-0.05, 0) is 37.1 Å². The quantitative estimate of drug-likeness (QED) is 0.407. The number of halogens is 1. The van der Waals surface area contributed by atoms with Gasteiger partial charge in [-0.3, -0.25) is 4.99 Å². The molecule has 1 aromatic heterocycles. The van der Waals surface area contributed by atoms with E-state index in [0.717, 1.165) is 17.3 Å². The summed E-state index contributed by atoms with van der Waals surface area (Å²) in [4.78, 5) is 5.14. The molecule has 1 fully saturated rings. The first-order chi connectivity index (χ1) is 8.58. The molecule has 1 aliphatic carbocycles. The summed E-state index contributed by atoms with van der Waals surface area (Å²) in [5.41, 5.74) is 4.86. The summed E-state index contributed by atoms with van der Waals surface area (Å²) >= 11 is 1.53. The monoisotopic (exact) mass is 395 g/mol. The van der Waals surface area contributed by atoms with Crippen molar-refractivity contribution in [1.82, 2.24) is 5.32 Å². The standard InChI is InChI=1S/C13H21N3OS.HI/c1-13(17,11-6-3-7-18-11)9-16-12(14)15-8-10-4-2-5-10;/h3,6-7,10,17H,2,4-5,8-9H2,1H3,(H3,14,15,16);1H. The molecule has 108 valence electrons. The third-order valence-corrected chi connectivity index (χ3v) is 4.53. The van der Waals surface area contributed by atoms with Crippen molar-refractivity contribution in [3.05, 3.63) is 22.4 Å². The molecule has 0 aromatic carbocycles. The Balaban J connectivity index is 0.00000180. The summed E-state index contributed by atoms with van der Waals surface area (Å²) in [6.45, 7) is 2.95. The largest absolute Gasteiger partial charge is 0.383 e. The molecule has 1 heterocycles. The summed E-state index contributed by atoms with van der Waals surface area (Å²) in [5.74, 6) is 1.18. The van der Waals surface area contributed by atoms with Crippen LogP contribution in [0.3, 0.4) is 0 Å². The van der Waals surface area contributed by atoms with Crippen LogP contribution in [-0.4, -0.2) is 24.2 Å². The highest BCUT2D eigenvalue weighted by Crippen LogP contribution is 2.26. The van der Waals surface area contributed by atoms with Crippen LogP contribution in [0.25, 0.3) is 0 Å². The minimum Gasteiger partial charge on any atom is -0.383 e. The molecule has 0 amide bonds. The highest BCUT2D eigenvalue weighted by Gasteiger charge is 2.24. The van der Waals surface area contributed by atoms with E-state index < -0.39 is 5.60 Å². The summed E-state index contributed by atoms with van der Waals surface area (Å²) in [5, 5.41) is 15.4. The molecule has 0 bridgehead atoms. The van der Waals surface area contributed by atoms with Crippen LogP contribution in [0.5, 0.6) is 0 Å². The van der Waals surface area contributed by atoms with Gasteiger partial charge in [-0.25, -0.2) is 0 Å². The van der Waals surface area contributed by atoms with Gasteiger partial charge in [0.05, 0.1) is 6.54 Å². The Morgan fingerprint density at radius 2 is 2.37 bits per heavy atom. The van der Waals surface area contributed by atoms with E-state index in [1.54, 1.807) is 6.92 Å². The Labute approximate surface area is 135 Å². The van der Waals surface area contributed by atoms with Crippen molar-refractivity contribution in [2.45, 2.75) is 31.8 Å². The van der Waals surface area contributed by atoms with Crippen molar-refractivity contribution < 1.29 is 5.11 Å². The fourth-order valence-electron chi connectivity index (χ4n) is 1.90. The molecule has 0 aliphatic heterocycles. The zero-order valence-electron chi connectivity index (χ0n) is 11.1. The number of aliphatic hydroxyl groups is 1. The molecule has 2 rings (SSSR count). The van der Waals surface area contributed by atoms with Crippen molar-refractivity contribution in [2.24, 2.45) is 16.6 Å². The van der Waals surface area contributed by atoms with Crippen LogP contribution in [0, 0.1) is 5.92 Å². The van der Waals surface area contributed by atoms with Gasteiger partial charge < -0.3 is 16.2 Å². The number of nitrogens with zero attached hydrogens (tertiary/aromatic N) is 1. The minimum atomic E-state index is -0.934. The average molecular weight is 395 g/mol. The van der Waals surface area contributed by atoms with Gasteiger partial charge in [0, 0.05) is 11.4 Å². The van der Waals surface area contributed by atoms with E-state index in [9.17, 15) is 5.11 Å². The van der Waals surface area contributed by atoms with E-state index in [1.165, 1.54) is 30.6 Å². The first-order valence-electron chi connectivity index (χ1n) is 6.38. The summed E-state index contributed by atoms with van der Waals surface area (Å²) in [7, 11) is 0. The van der Waals surface area contributed by atoms with E-state index >= 15 is 0 Å². The first-order valence-corrected chi connectivity index (χ1v) is 7.26. The molecular weight excluding hydrogens is 373 g/mol. The van der Waals surface area contributed by atoms with E-state index in [2.05, 4.69) is 10.3 Å². The van der Waals surface area contributed by atoms with Gasteiger partial charge in [-0.15, -0.1) is 35.3 Å². The maximum Gasteiger partial charge on any atom is 0.188 e. The molecule has 1 saturated carbocycles. The van der Waals surface area contributed by atoms with Gasteiger partial charge in [-0.1, -0.05) is 12.5 Å². The van der Waals surface area contributed by atoms with E-state index in [4.69, 9.17) is 5.73 Å². The number of nitrogens with one attached hydrogen (secondary N) is 1. The molecule has 0 spiro atoms. The normalized spacial score (nSPS) is 19.2. The maximum atomic E-state index is 10.3. The van der Waals surface area contributed by atoms with E-state index in [1.807, 2.05) is 17.5 Å². The fraction of sp³-hybridized carbons (Fsp3) is 0.615. The Morgan fingerprint density at radius 1 is 1.63 bits per heavy atom. The SMILES string of the molecule is CC(O)(CN=C(N)NCC1CCC1)c1cccs1.I. The molecule has 1 aromatic rings. The second-order valence-electron chi connectivity index (χ2n) is 5.13. The predicted molar refractivity (Wildman–Crippen MR) is 91.1 cm³/mol. The van der Waals surface area contributed by atoms with Crippen LogP contribution in [-0.2, 0) is 5.60 Å². The van der Waals surface area contributed by atoms with Crippen molar-refractivity contribution in [1.29, 1.82) is 0 Å². The summed E-state index contributed by atoms with van der Waals surface area (Å²) in [6.07, 6.45) is 3.90. The van der Waals surface area contributed by atoms with Crippen LogP contribution < -0.4 is 11.1 Å². The molecular formula is C13H22IN3OS. The lowest BCUT2D eigenvalue weighted by atomic mass is 9.85. The van der Waals surface area contributed by atoms with Gasteiger partial charge in [0.15, 0.2) is 5.96 Å². The predicted octanol–water partition coefficient (Wildman–Crippen LogP) is 2.28. The lowest BCUT2D eigenvalue weighted by molar-refractivity contribution is 0.0712. The Hall–Kier alpha value is -0.340. The second kappa shape index (κ2) is 7.44. The molecule has 6 heteroatoms. The molecule has 0 saturated heterocycles. The first kappa shape index (κ1) is 16.7. The lowest BCUT2D eigenvalue weighted by Crippen LogP contribution is -2.38. The van der Waals surface area contributed by atoms with Crippen molar-refractivity contribution in [3.63, 3.8) is 0 Å². The minimum absolute atomic E-state index is 0. The number of guanidine groups is 1. The Bertz CT molecular complexity index is 402. The number of aliphatic imine (C=N–C) groups is 1. The van der Waals surface area contributed by atoms with E-state index in [-0.39, 0.29) is 30.5 Å². The van der Waals surface area contributed by atoms with Gasteiger partial charge in [0.25, 0.3) is 0 Å². The molecule has 1 atom stereocenters. The van der Waals surface area contributed by atoms with E-state index in [0.29, 0.717) is 5.96 Å². The van der Waals surface area contributed by atoms with Crippen LogP contribution >= 0.6 is 35.3 Å². The molecule has 19 heavy (non-hydrogen) atoms. The van der Waals surface area contributed by atoms with Crippen molar-refractivity contribution in [3.8, 4) is 0 Å². The van der Waals surface area contributed by atoms with Gasteiger partial charge in [-0.2, -0.15) is 0 Å². The number of hydrogen-bond donors (Lipinski definition) is 3. The fourth-order valence-corrected chi connectivity index (χ4v) is 2.68. The number of hydrogen-bond acceptors (Lipinski definition) is 3. The molecule has 0 radical (unpaired) electrons. The van der Waals surface area contributed by atoms with Gasteiger partial charge in [0.1, 0.15) is 5.60 Å². The average Bonchev–Trinajstić information content (AvgIpc) is 2.78. The Kier molecular flexibility index (Phi) is 6.55. The van der Waals surface area contributed by atoms with Crippen LogP contribution in [0.15, 0.2) is 22.5 Å². The second-order valence-corrected chi connectivity index (χ2v) is 6.08. The van der Waals surface area contributed by atoms with Crippen LogP contribution in [0.2, 0.25) is 0 Å². The smallest absolute Gasteiger partial charge is 0.188 e. The topological polar surface area (TPSA) is 70.6 Å². The highest BCUT2D eigenvalue weighted by molar-refractivity contribution is 14.0. The summed E-state index contributed by atoms with van der Waals surface area (Å²) in [6, 6.07) is 3.84. The van der Waals surface area contributed by atoms with Gasteiger partial charge >= 0.3 is 0 Å². The third-order valence-electron chi connectivity index (χ3n) is 3.41. The molecule has 4 nitrogen and oxygen atoms in total. The van der Waals surface area contributed by atoms with Gasteiger partial charge in [0.2, 0.25) is 0 Å². The lowest BCUT2D eigenvalue weighted by Gasteiger charge is -2.25. The number of thiophene rings is 1. The van der Waals surface area contributed by atoms with Crippen molar-refractivity contribution in [2.75, 3.05) is 13.1 Å². The Morgan fingerprint density at radius 3 is 2.89 bits per heavy atom. The molecule has 1 unspecified atom stereocenters. The molecule has 4 N–H and O–H groups in total. The summed E-state index contributed by atoms with van der Waals surface area (Å²) < 4.78 is 0. The number of nitrogens with two attached hydrogens (primary N) is 1. The zero-order valence-corrected chi connectivity index (χ0v) is 14.3.